The first kappa shape index (κ1) is 15.9. The van der Waals surface area contributed by atoms with Gasteiger partial charge in [-0.2, -0.15) is 0 Å². The first-order chi connectivity index (χ1) is 12.1. The minimum atomic E-state index is -0.0961. The largest absolute Gasteiger partial charge is 0.507 e. The Hall–Kier alpha value is -2.63. The molecule has 4 aromatic rings. The second kappa shape index (κ2) is 6.02. The number of benzene rings is 2. The molecule has 0 aliphatic carbocycles. The number of hydrogen-bond donors (Lipinski definition) is 3. The minimum Gasteiger partial charge on any atom is -0.507 e. The molecule has 0 aliphatic rings. The van der Waals surface area contributed by atoms with Crippen molar-refractivity contribution in [2.24, 2.45) is 5.73 Å². The van der Waals surface area contributed by atoms with Crippen LogP contribution in [-0.4, -0.2) is 16.6 Å². The Labute approximate surface area is 148 Å². The molecule has 0 radical (unpaired) electrons. The summed E-state index contributed by atoms with van der Waals surface area (Å²) in [5.41, 5.74) is 9.19. The SMILES string of the molecule is C[C@@H](CN)c1ccc(-c2c(O)ccc3[nH]c(=O)c4sccc4c23)cc1. The normalized spacial score (nSPS) is 12.7. The van der Waals surface area contributed by atoms with Gasteiger partial charge in [0.05, 0.1) is 0 Å². The van der Waals surface area contributed by atoms with Crippen molar-refractivity contribution < 1.29 is 5.11 Å². The van der Waals surface area contributed by atoms with Gasteiger partial charge in [0.2, 0.25) is 0 Å². The van der Waals surface area contributed by atoms with Gasteiger partial charge in [-0.15, -0.1) is 11.3 Å². The molecular formula is C20H18N2O2S. The van der Waals surface area contributed by atoms with E-state index in [4.69, 9.17) is 5.73 Å². The van der Waals surface area contributed by atoms with Crippen molar-refractivity contribution in [3.8, 4) is 16.9 Å². The molecule has 2 heterocycles. The van der Waals surface area contributed by atoms with Crippen molar-refractivity contribution in [1.82, 2.24) is 4.98 Å². The number of hydrogen-bond acceptors (Lipinski definition) is 4. The zero-order valence-corrected chi connectivity index (χ0v) is 14.6. The molecule has 25 heavy (non-hydrogen) atoms. The maximum absolute atomic E-state index is 12.2. The van der Waals surface area contributed by atoms with E-state index in [1.165, 1.54) is 16.9 Å². The highest BCUT2D eigenvalue weighted by atomic mass is 32.1. The van der Waals surface area contributed by atoms with Crippen molar-refractivity contribution in [1.29, 1.82) is 0 Å². The van der Waals surface area contributed by atoms with Crippen LogP contribution < -0.4 is 11.3 Å². The molecule has 4 nitrogen and oxygen atoms in total. The lowest BCUT2D eigenvalue weighted by Gasteiger charge is -2.13. The standard InChI is InChI=1S/C20H18N2O2S/c1-11(10-21)12-2-4-13(5-3-12)17-16(23)7-6-15-18(17)14-8-9-25-19(14)20(24)22-15/h2-9,11,23H,10,21H2,1H3,(H,22,24)/t11-/m0/s1. The van der Waals surface area contributed by atoms with Gasteiger partial charge in [-0.1, -0.05) is 31.2 Å². The number of aromatic nitrogens is 1. The highest BCUT2D eigenvalue weighted by Gasteiger charge is 2.15. The molecule has 0 saturated heterocycles. The molecule has 0 aliphatic heterocycles. The molecule has 2 aromatic carbocycles. The summed E-state index contributed by atoms with van der Waals surface area (Å²) in [4.78, 5) is 15.1. The van der Waals surface area contributed by atoms with Crippen LogP contribution in [0.15, 0.2) is 52.6 Å². The van der Waals surface area contributed by atoms with Crippen molar-refractivity contribution in [2.75, 3.05) is 6.54 Å². The summed E-state index contributed by atoms with van der Waals surface area (Å²) in [5.74, 6) is 0.488. The minimum absolute atomic E-state index is 0.0961. The van der Waals surface area contributed by atoms with Gasteiger partial charge in [0.1, 0.15) is 10.4 Å². The van der Waals surface area contributed by atoms with E-state index in [0.29, 0.717) is 11.2 Å². The summed E-state index contributed by atoms with van der Waals surface area (Å²) >= 11 is 1.41. The lowest BCUT2D eigenvalue weighted by Crippen LogP contribution is -2.08. The summed E-state index contributed by atoms with van der Waals surface area (Å²) in [5, 5.41) is 14.2. The number of rotatable bonds is 3. The Morgan fingerprint density at radius 2 is 1.92 bits per heavy atom. The Morgan fingerprint density at radius 3 is 2.64 bits per heavy atom. The van der Waals surface area contributed by atoms with Crippen LogP contribution in [0.5, 0.6) is 5.75 Å². The smallest absolute Gasteiger partial charge is 0.266 e. The lowest BCUT2D eigenvalue weighted by molar-refractivity contribution is 0.478. The van der Waals surface area contributed by atoms with Crippen molar-refractivity contribution in [3.05, 3.63) is 63.8 Å². The molecule has 0 bridgehead atoms. The molecule has 4 N–H and O–H groups in total. The summed E-state index contributed by atoms with van der Waals surface area (Å²) < 4.78 is 0.674. The molecule has 0 fully saturated rings. The number of pyridine rings is 1. The van der Waals surface area contributed by atoms with E-state index in [0.717, 1.165) is 27.4 Å². The average Bonchev–Trinajstić information content (AvgIpc) is 3.12. The number of thiophene rings is 1. The van der Waals surface area contributed by atoms with E-state index in [2.05, 4.69) is 11.9 Å². The number of aromatic amines is 1. The fourth-order valence-corrected chi connectivity index (χ4v) is 4.04. The van der Waals surface area contributed by atoms with Gasteiger partial charge in [-0.25, -0.2) is 0 Å². The average molecular weight is 350 g/mol. The third-order valence-electron chi connectivity index (χ3n) is 4.69. The Kier molecular flexibility index (Phi) is 3.82. The van der Waals surface area contributed by atoms with E-state index in [9.17, 15) is 9.90 Å². The van der Waals surface area contributed by atoms with Crippen LogP contribution in [0.3, 0.4) is 0 Å². The fourth-order valence-electron chi connectivity index (χ4n) is 3.24. The summed E-state index contributed by atoms with van der Waals surface area (Å²) in [6, 6.07) is 13.4. The predicted octanol–water partition coefficient (Wildman–Crippen LogP) is 4.18. The summed E-state index contributed by atoms with van der Waals surface area (Å²) in [7, 11) is 0. The van der Waals surface area contributed by atoms with Crippen LogP contribution in [0.4, 0.5) is 0 Å². The van der Waals surface area contributed by atoms with E-state index in [1.807, 2.05) is 35.7 Å². The third kappa shape index (κ3) is 2.52. The van der Waals surface area contributed by atoms with E-state index >= 15 is 0 Å². The monoisotopic (exact) mass is 350 g/mol. The summed E-state index contributed by atoms with van der Waals surface area (Å²) in [6.07, 6.45) is 0. The van der Waals surface area contributed by atoms with E-state index < -0.39 is 0 Å². The maximum Gasteiger partial charge on any atom is 0.266 e. The van der Waals surface area contributed by atoms with E-state index in [1.54, 1.807) is 12.1 Å². The Morgan fingerprint density at radius 1 is 1.16 bits per heavy atom. The molecule has 126 valence electrons. The zero-order valence-electron chi connectivity index (χ0n) is 13.7. The van der Waals surface area contributed by atoms with Crippen molar-refractivity contribution in [3.63, 3.8) is 0 Å². The highest BCUT2D eigenvalue weighted by Crippen LogP contribution is 2.39. The molecule has 5 heteroatoms. The van der Waals surface area contributed by atoms with Crippen LogP contribution in [0.25, 0.3) is 32.1 Å². The number of phenols is 1. The first-order valence-corrected chi connectivity index (χ1v) is 9.03. The first-order valence-electron chi connectivity index (χ1n) is 8.15. The van der Waals surface area contributed by atoms with Gasteiger partial charge in [-0.3, -0.25) is 4.79 Å². The van der Waals surface area contributed by atoms with Crippen molar-refractivity contribution in [2.45, 2.75) is 12.8 Å². The van der Waals surface area contributed by atoms with Crippen LogP contribution in [-0.2, 0) is 0 Å². The number of H-pyrrole nitrogens is 1. The number of aromatic hydroxyl groups is 1. The topological polar surface area (TPSA) is 79.1 Å². The molecule has 0 amide bonds. The number of phenolic OH excluding ortho intramolecular Hbond substituents is 1. The zero-order chi connectivity index (χ0) is 17.6. The fraction of sp³-hybridized carbons (Fsp3) is 0.150. The molecule has 4 rings (SSSR count). The molecule has 2 aromatic heterocycles. The van der Waals surface area contributed by atoms with Crippen LogP contribution in [0, 0.1) is 0 Å². The maximum atomic E-state index is 12.2. The van der Waals surface area contributed by atoms with Crippen LogP contribution in [0.1, 0.15) is 18.4 Å². The molecule has 0 unspecified atom stereocenters. The Bertz CT molecular complexity index is 1130. The molecule has 0 saturated carbocycles. The second-order valence-corrected chi connectivity index (χ2v) is 7.17. The lowest BCUT2D eigenvalue weighted by atomic mass is 9.94. The molecular weight excluding hydrogens is 332 g/mol. The van der Waals surface area contributed by atoms with E-state index in [-0.39, 0.29) is 17.2 Å². The van der Waals surface area contributed by atoms with Gasteiger partial charge >= 0.3 is 0 Å². The predicted molar refractivity (Wildman–Crippen MR) is 105 cm³/mol. The Balaban J connectivity index is 2.02. The van der Waals surface area contributed by atoms with Crippen LogP contribution >= 0.6 is 11.3 Å². The number of fused-ring (bicyclic) bond motifs is 3. The second-order valence-electron chi connectivity index (χ2n) is 6.26. The van der Waals surface area contributed by atoms with Gasteiger partial charge in [-0.05, 0) is 47.2 Å². The third-order valence-corrected chi connectivity index (χ3v) is 5.61. The van der Waals surface area contributed by atoms with Gasteiger partial charge in [0.25, 0.3) is 5.56 Å². The van der Waals surface area contributed by atoms with Gasteiger partial charge in [0, 0.05) is 21.9 Å². The van der Waals surface area contributed by atoms with Gasteiger partial charge < -0.3 is 15.8 Å². The number of nitrogens with two attached hydrogens (primary N) is 1. The highest BCUT2D eigenvalue weighted by molar-refractivity contribution is 7.17. The quantitative estimate of drug-likeness (QED) is 0.519. The van der Waals surface area contributed by atoms with Crippen molar-refractivity contribution >= 4 is 32.3 Å². The molecule has 1 atom stereocenters. The molecule has 0 spiro atoms. The van der Waals surface area contributed by atoms with Gasteiger partial charge in [0.15, 0.2) is 0 Å². The van der Waals surface area contributed by atoms with Crippen LogP contribution in [0.2, 0.25) is 0 Å². The summed E-state index contributed by atoms with van der Waals surface area (Å²) in [6.45, 7) is 2.68. The number of nitrogens with one attached hydrogen (secondary N) is 1.